The minimum Gasteiger partial charge on any atom is -0.299 e. The fraction of sp³-hybridized carbons (Fsp3) is 0.552. The number of allylic oxidation sites excluding steroid dienone is 3. The molecule has 2 atom stereocenters. The van der Waals surface area contributed by atoms with Crippen LogP contribution in [-0.2, 0) is 6.54 Å². The molecular weight excluding hydrogens is 376 g/mol. The van der Waals surface area contributed by atoms with E-state index in [1.807, 2.05) is 12.2 Å². The topological polar surface area (TPSA) is 6.48 Å². The first-order valence-electron chi connectivity index (χ1n) is 12.3. The molecule has 2 fully saturated rings. The molecule has 0 saturated carbocycles. The number of benzene rings is 1. The third-order valence-electron chi connectivity index (χ3n) is 6.94. The molecule has 0 N–H and O–H groups in total. The minimum absolute atomic E-state index is 0.763. The second-order valence-corrected chi connectivity index (χ2v) is 10.0. The van der Waals surface area contributed by atoms with Gasteiger partial charge in [0.15, 0.2) is 0 Å². The maximum atomic E-state index is 3.34. The smallest absolute Gasteiger partial charge is 0.0310 e. The van der Waals surface area contributed by atoms with Gasteiger partial charge in [0.05, 0.1) is 0 Å². The molecule has 2 nitrogen and oxygen atoms in total. The van der Waals surface area contributed by atoms with E-state index < -0.39 is 0 Å². The molecule has 2 unspecified atom stereocenters. The van der Waals surface area contributed by atoms with Gasteiger partial charge in [-0.3, -0.25) is 9.80 Å². The molecule has 2 heteroatoms. The Kier molecular flexibility index (Phi) is 9.40. The third kappa shape index (κ3) is 7.65. The summed E-state index contributed by atoms with van der Waals surface area (Å²) in [5, 5.41) is 0. The molecule has 168 valence electrons. The highest BCUT2D eigenvalue weighted by Crippen LogP contribution is 2.25. The van der Waals surface area contributed by atoms with Crippen molar-refractivity contribution in [3.8, 4) is 0 Å². The molecule has 31 heavy (non-hydrogen) atoms. The van der Waals surface area contributed by atoms with Gasteiger partial charge in [-0.1, -0.05) is 76.3 Å². The Balaban J connectivity index is 0.000000176. The average Bonchev–Trinajstić information content (AvgIpc) is 3.34. The first-order chi connectivity index (χ1) is 15.0. The fourth-order valence-electron chi connectivity index (χ4n) is 5.01. The number of likely N-dealkylation sites (tertiary alicyclic amines) is 2. The van der Waals surface area contributed by atoms with Crippen molar-refractivity contribution in [2.24, 2.45) is 17.8 Å². The molecule has 4 rings (SSSR count). The quantitative estimate of drug-likeness (QED) is 0.488. The van der Waals surface area contributed by atoms with Crippen molar-refractivity contribution >= 4 is 0 Å². The second-order valence-electron chi connectivity index (χ2n) is 10.0. The molecule has 2 aliphatic heterocycles. The van der Waals surface area contributed by atoms with Crippen LogP contribution in [0.25, 0.3) is 0 Å². The van der Waals surface area contributed by atoms with Crippen LogP contribution in [0.15, 0.2) is 72.0 Å². The fourth-order valence-corrected chi connectivity index (χ4v) is 5.01. The molecule has 1 aliphatic carbocycles. The highest BCUT2D eigenvalue weighted by atomic mass is 15.2. The second kappa shape index (κ2) is 12.2. The van der Waals surface area contributed by atoms with Gasteiger partial charge < -0.3 is 0 Å². The van der Waals surface area contributed by atoms with Crippen LogP contribution in [0, 0.1) is 17.8 Å². The maximum absolute atomic E-state index is 3.34. The van der Waals surface area contributed by atoms with E-state index >= 15 is 0 Å². The Labute approximate surface area is 191 Å². The van der Waals surface area contributed by atoms with Gasteiger partial charge in [0.2, 0.25) is 0 Å². The van der Waals surface area contributed by atoms with Gasteiger partial charge in [0.1, 0.15) is 0 Å². The molecule has 0 spiro atoms. The number of rotatable bonds is 6. The van der Waals surface area contributed by atoms with E-state index in [0.717, 1.165) is 36.9 Å². The van der Waals surface area contributed by atoms with Crippen LogP contribution in [0.4, 0.5) is 0 Å². The van der Waals surface area contributed by atoms with Crippen molar-refractivity contribution in [1.29, 1.82) is 0 Å². The number of nitrogens with zero attached hydrogens (tertiary/aromatic N) is 2. The van der Waals surface area contributed by atoms with E-state index in [-0.39, 0.29) is 0 Å². The molecule has 0 bridgehead atoms. The summed E-state index contributed by atoms with van der Waals surface area (Å²) in [7, 11) is 0. The molecule has 1 aromatic rings. The van der Waals surface area contributed by atoms with Crippen molar-refractivity contribution in [2.75, 3.05) is 26.2 Å². The van der Waals surface area contributed by atoms with Gasteiger partial charge in [0, 0.05) is 31.2 Å². The zero-order chi connectivity index (χ0) is 22.1. The maximum Gasteiger partial charge on any atom is 0.0310 e. The lowest BCUT2D eigenvalue weighted by Crippen LogP contribution is -2.34. The number of hydrogen-bond donors (Lipinski definition) is 0. The summed E-state index contributed by atoms with van der Waals surface area (Å²) in [6.45, 7) is 15.3. The van der Waals surface area contributed by atoms with Crippen LogP contribution in [0.5, 0.6) is 0 Å². The Morgan fingerprint density at radius 3 is 2.42 bits per heavy atom. The molecule has 0 radical (unpaired) electrons. The van der Waals surface area contributed by atoms with Crippen LogP contribution >= 0.6 is 0 Å². The largest absolute Gasteiger partial charge is 0.299 e. The predicted molar refractivity (Wildman–Crippen MR) is 134 cm³/mol. The molecule has 2 heterocycles. The summed E-state index contributed by atoms with van der Waals surface area (Å²) < 4.78 is 0. The molecule has 3 aliphatic rings. The molecule has 1 aromatic carbocycles. The lowest BCUT2D eigenvalue weighted by molar-refractivity contribution is 0.224. The van der Waals surface area contributed by atoms with E-state index in [1.54, 1.807) is 0 Å². The SMILES string of the molecule is CC(C)C1CCCN1CC1=C=CC=CC=C1.CC(C)C1CCN(Cc2ccccc2)C1. The monoisotopic (exact) mass is 418 g/mol. The van der Waals surface area contributed by atoms with Crippen LogP contribution in [0.2, 0.25) is 0 Å². The summed E-state index contributed by atoms with van der Waals surface area (Å²) in [5.41, 5.74) is 6.09. The van der Waals surface area contributed by atoms with Gasteiger partial charge in [-0.25, -0.2) is 0 Å². The highest BCUT2D eigenvalue weighted by Gasteiger charge is 2.27. The lowest BCUT2D eigenvalue weighted by Gasteiger charge is -2.27. The van der Waals surface area contributed by atoms with Crippen LogP contribution in [-0.4, -0.2) is 42.0 Å². The van der Waals surface area contributed by atoms with Gasteiger partial charge in [-0.05, 0) is 67.8 Å². The predicted octanol–water partition coefficient (Wildman–Crippen LogP) is 6.48. The van der Waals surface area contributed by atoms with Crippen LogP contribution < -0.4 is 0 Å². The van der Waals surface area contributed by atoms with Gasteiger partial charge in [-0.15, -0.1) is 5.73 Å². The minimum atomic E-state index is 0.763. The third-order valence-corrected chi connectivity index (χ3v) is 6.94. The van der Waals surface area contributed by atoms with Gasteiger partial charge in [-0.2, -0.15) is 0 Å². The average molecular weight is 419 g/mol. The Bertz CT molecular complexity index is 780. The Hall–Kier alpha value is -1.86. The zero-order valence-electron chi connectivity index (χ0n) is 20.1. The standard InChI is InChI=1S/C15H21N.C14H21N/c1-13(2)15-10-7-11-16(15)12-14-8-5-3-4-6-9-14;1-12(2)14-8-9-15(11-14)10-13-6-4-3-5-7-13/h3-6,8,13,15H,7,10-12H2,1-2H3;3-7,12,14H,8-11H2,1-2H3. The van der Waals surface area contributed by atoms with Gasteiger partial charge >= 0.3 is 0 Å². The van der Waals surface area contributed by atoms with E-state index in [1.165, 1.54) is 50.0 Å². The first kappa shape index (κ1) is 23.8. The summed E-state index contributed by atoms with van der Waals surface area (Å²) in [6.07, 6.45) is 14.5. The van der Waals surface area contributed by atoms with E-state index in [4.69, 9.17) is 0 Å². The normalized spacial score (nSPS) is 23.9. The molecule has 0 aromatic heterocycles. The van der Waals surface area contributed by atoms with Crippen LogP contribution in [0.1, 0.15) is 52.5 Å². The van der Waals surface area contributed by atoms with E-state index in [9.17, 15) is 0 Å². The highest BCUT2D eigenvalue weighted by molar-refractivity contribution is 5.29. The van der Waals surface area contributed by atoms with Crippen molar-refractivity contribution in [1.82, 2.24) is 9.80 Å². The summed E-state index contributed by atoms with van der Waals surface area (Å²) in [5.74, 6) is 2.51. The van der Waals surface area contributed by atoms with Crippen molar-refractivity contribution < 1.29 is 0 Å². The zero-order valence-corrected chi connectivity index (χ0v) is 20.1. The molecule has 0 amide bonds. The summed E-state index contributed by atoms with van der Waals surface area (Å²) in [4.78, 5) is 5.19. The molecule has 2 saturated heterocycles. The number of hydrogen-bond acceptors (Lipinski definition) is 2. The summed E-state index contributed by atoms with van der Waals surface area (Å²) in [6, 6.07) is 11.6. The Morgan fingerprint density at radius 1 is 0.903 bits per heavy atom. The Morgan fingerprint density at radius 2 is 1.71 bits per heavy atom. The lowest BCUT2D eigenvalue weighted by atomic mass is 9.95. The van der Waals surface area contributed by atoms with Crippen LogP contribution in [0.3, 0.4) is 0 Å². The van der Waals surface area contributed by atoms with Crippen molar-refractivity contribution in [3.05, 3.63) is 77.6 Å². The van der Waals surface area contributed by atoms with Crippen molar-refractivity contribution in [3.63, 3.8) is 0 Å². The van der Waals surface area contributed by atoms with Crippen molar-refractivity contribution in [2.45, 2.75) is 59.5 Å². The first-order valence-corrected chi connectivity index (χ1v) is 12.3. The summed E-state index contributed by atoms with van der Waals surface area (Å²) >= 11 is 0. The molecular formula is C29H42N2. The van der Waals surface area contributed by atoms with E-state index in [0.29, 0.717) is 0 Å². The van der Waals surface area contributed by atoms with Gasteiger partial charge in [0.25, 0.3) is 0 Å². The van der Waals surface area contributed by atoms with E-state index in [2.05, 4.69) is 91.8 Å².